The Morgan fingerprint density at radius 3 is 2.74 bits per heavy atom. The summed E-state index contributed by atoms with van der Waals surface area (Å²) in [5, 5.41) is 7.38. The first-order valence-electron chi connectivity index (χ1n) is 6.29. The molecule has 1 amide bonds. The summed E-state index contributed by atoms with van der Waals surface area (Å²) in [6, 6.07) is 11.7. The van der Waals surface area contributed by atoms with Gasteiger partial charge in [0.05, 0.1) is 11.4 Å². The molecule has 0 radical (unpaired) electrons. The molecule has 1 saturated carbocycles. The van der Waals surface area contributed by atoms with E-state index in [1.54, 1.807) is 4.68 Å². The molecule has 1 aromatic heterocycles. The summed E-state index contributed by atoms with van der Waals surface area (Å²) in [6.45, 7) is 0. The molecule has 2 aromatic rings. The van der Waals surface area contributed by atoms with Crippen LogP contribution in [0.2, 0.25) is 0 Å². The third-order valence-electron chi connectivity index (χ3n) is 3.11. The standard InChI is InChI=1S/C14H14ClN3O/c15-9-14(19)16-13-8-12(10-6-7-10)17-18(13)11-4-2-1-3-5-11/h1-5,8,10H,6-7,9H2,(H,16,19). The molecule has 1 heterocycles. The van der Waals surface area contributed by atoms with Gasteiger partial charge in [-0.1, -0.05) is 18.2 Å². The lowest BCUT2D eigenvalue weighted by atomic mass is 10.3. The Morgan fingerprint density at radius 2 is 2.11 bits per heavy atom. The van der Waals surface area contributed by atoms with Crippen molar-refractivity contribution in [3.05, 3.63) is 42.1 Å². The van der Waals surface area contributed by atoms with Gasteiger partial charge < -0.3 is 5.32 Å². The average molecular weight is 276 g/mol. The van der Waals surface area contributed by atoms with Gasteiger partial charge in [0.15, 0.2) is 0 Å². The largest absolute Gasteiger partial charge is 0.310 e. The molecule has 1 aliphatic rings. The smallest absolute Gasteiger partial charge is 0.240 e. The Bertz CT molecular complexity index is 590. The van der Waals surface area contributed by atoms with Gasteiger partial charge in [-0.3, -0.25) is 4.79 Å². The second-order valence-electron chi connectivity index (χ2n) is 4.66. The molecule has 0 atom stereocenters. The molecular formula is C14H14ClN3O. The van der Waals surface area contributed by atoms with Crippen molar-refractivity contribution in [2.75, 3.05) is 11.2 Å². The van der Waals surface area contributed by atoms with E-state index in [1.807, 2.05) is 36.4 Å². The van der Waals surface area contributed by atoms with Crippen molar-refractivity contribution in [2.45, 2.75) is 18.8 Å². The first-order chi connectivity index (χ1) is 9.28. The Balaban J connectivity index is 1.98. The number of para-hydroxylation sites is 1. The van der Waals surface area contributed by atoms with Crippen LogP contribution >= 0.6 is 11.6 Å². The molecule has 0 spiro atoms. The van der Waals surface area contributed by atoms with E-state index in [0.29, 0.717) is 11.7 Å². The average Bonchev–Trinajstić information content (AvgIpc) is 3.21. The molecule has 1 N–H and O–H groups in total. The molecule has 1 aliphatic carbocycles. The molecular weight excluding hydrogens is 262 g/mol. The van der Waals surface area contributed by atoms with Crippen molar-refractivity contribution in [3.8, 4) is 5.69 Å². The molecule has 19 heavy (non-hydrogen) atoms. The molecule has 0 saturated heterocycles. The number of alkyl halides is 1. The van der Waals surface area contributed by atoms with E-state index in [9.17, 15) is 4.79 Å². The number of benzene rings is 1. The normalized spacial score (nSPS) is 14.4. The maximum absolute atomic E-state index is 11.5. The van der Waals surface area contributed by atoms with Crippen molar-refractivity contribution in [1.82, 2.24) is 9.78 Å². The van der Waals surface area contributed by atoms with Gasteiger partial charge in [-0.05, 0) is 25.0 Å². The number of carbonyl (C=O) groups is 1. The van der Waals surface area contributed by atoms with Crippen LogP contribution in [0.1, 0.15) is 24.5 Å². The van der Waals surface area contributed by atoms with E-state index < -0.39 is 0 Å². The molecule has 0 bridgehead atoms. The summed E-state index contributed by atoms with van der Waals surface area (Å²) in [4.78, 5) is 11.5. The third kappa shape index (κ3) is 2.63. The lowest BCUT2D eigenvalue weighted by molar-refractivity contribution is -0.113. The number of aromatic nitrogens is 2. The van der Waals surface area contributed by atoms with E-state index in [4.69, 9.17) is 11.6 Å². The lowest BCUT2D eigenvalue weighted by Crippen LogP contribution is -2.15. The van der Waals surface area contributed by atoms with Gasteiger partial charge in [0.1, 0.15) is 11.7 Å². The molecule has 1 fully saturated rings. The van der Waals surface area contributed by atoms with Gasteiger partial charge in [-0.2, -0.15) is 5.10 Å². The first kappa shape index (κ1) is 12.2. The Kier molecular flexibility index (Phi) is 3.25. The maximum Gasteiger partial charge on any atom is 0.240 e. The Labute approximate surface area is 116 Å². The van der Waals surface area contributed by atoms with Gasteiger partial charge in [0, 0.05) is 12.0 Å². The predicted octanol–water partition coefficient (Wildman–Crippen LogP) is 2.93. The van der Waals surface area contributed by atoms with Crippen LogP contribution in [0, 0.1) is 0 Å². The molecule has 0 unspecified atom stereocenters. The van der Waals surface area contributed by atoms with E-state index in [0.717, 1.165) is 11.4 Å². The molecule has 4 nitrogen and oxygen atoms in total. The summed E-state index contributed by atoms with van der Waals surface area (Å²) in [7, 11) is 0. The summed E-state index contributed by atoms with van der Waals surface area (Å²) in [6.07, 6.45) is 2.35. The summed E-state index contributed by atoms with van der Waals surface area (Å²) < 4.78 is 1.76. The van der Waals surface area contributed by atoms with E-state index in [2.05, 4.69) is 10.4 Å². The molecule has 0 aliphatic heterocycles. The topological polar surface area (TPSA) is 46.9 Å². The number of amides is 1. The predicted molar refractivity (Wildman–Crippen MR) is 74.9 cm³/mol. The Morgan fingerprint density at radius 1 is 1.37 bits per heavy atom. The minimum atomic E-state index is -0.221. The molecule has 5 heteroatoms. The van der Waals surface area contributed by atoms with Crippen molar-refractivity contribution in [1.29, 1.82) is 0 Å². The molecule has 98 valence electrons. The minimum absolute atomic E-state index is 0.0568. The highest BCUT2D eigenvalue weighted by Gasteiger charge is 2.27. The fourth-order valence-corrected chi connectivity index (χ4v) is 2.08. The van der Waals surface area contributed by atoms with Crippen LogP contribution < -0.4 is 5.32 Å². The fraction of sp³-hybridized carbons (Fsp3) is 0.286. The number of nitrogens with zero attached hydrogens (tertiary/aromatic N) is 2. The van der Waals surface area contributed by atoms with Crippen LogP contribution in [0.5, 0.6) is 0 Å². The SMILES string of the molecule is O=C(CCl)Nc1cc(C2CC2)nn1-c1ccccc1. The van der Waals surface area contributed by atoms with Crippen LogP contribution in [0.15, 0.2) is 36.4 Å². The van der Waals surface area contributed by atoms with Gasteiger partial charge in [-0.15, -0.1) is 11.6 Å². The summed E-state index contributed by atoms with van der Waals surface area (Å²) in [5.41, 5.74) is 1.97. The number of halogens is 1. The molecule has 3 rings (SSSR count). The first-order valence-corrected chi connectivity index (χ1v) is 6.82. The van der Waals surface area contributed by atoms with Crippen LogP contribution in [0.25, 0.3) is 5.69 Å². The van der Waals surface area contributed by atoms with Crippen molar-refractivity contribution in [2.24, 2.45) is 0 Å². The van der Waals surface area contributed by atoms with E-state index >= 15 is 0 Å². The second kappa shape index (κ2) is 5.05. The van der Waals surface area contributed by atoms with Crippen LogP contribution in [0.4, 0.5) is 5.82 Å². The number of hydrogen-bond donors (Lipinski definition) is 1. The van der Waals surface area contributed by atoms with Gasteiger partial charge in [0.2, 0.25) is 5.91 Å². The zero-order chi connectivity index (χ0) is 13.2. The van der Waals surface area contributed by atoms with Gasteiger partial charge >= 0.3 is 0 Å². The van der Waals surface area contributed by atoms with Crippen molar-refractivity contribution >= 4 is 23.3 Å². The van der Waals surface area contributed by atoms with Gasteiger partial charge in [-0.25, -0.2) is 4.68 Å². The maximum atomic E-state index is 11.5. The van der Waals surface area contributed by atoms with Crippen molar-refractivity contribution in [3.63, 3.8) is 0 Å². The summed E-state index contributed by atoms with van der Waals surface area (Å²) >= 11 is 5.54. The van der Waals surface area contributed by atoms with Crippen molar-refractivity contribution < 1.29 is 4.79 Å². The number of rotatable bonds is 4. The fourth-order valence-electron chi connectivity index (χ4n) is 2.01. The quantitative estimate of drug-likeness (QED) is 0.872. The van der Waals surface area contributed by atoms with Crippen LogP contribution in [-0.4, -0.2) is 21.6 Å². The zero-order valence-electron chi connectivity index (χ0n) is 10.3. The minimum Gasteiger partial charge on any atom is -0.310 e. The van der Waals surface area contributed by atoms with E-state index in [-0.39, 0.29) is 11.8 Å². The zero-order valence-corrected chi connectivity index (χ0v) is 11.1. The summed E-state index contributed by atoms with van der Waals surface area (Å²) in [5.74, 6) is 0.940. The highest BCUT2D eigenvalue weighted by atomic mass is 35.5. The number of nitrogens with one attached hydrogen (secondary N) is 1. The van der Waals surface area contributed by atoms with E-state index in [1.165, 1.54) is 12.8 Å². The van der Waals surface area contributed by atoms with Gasteiger partial charge in [0.25, 0.3) is 0 Å². The number of hydrogen-bond acceptors (Lipinski definition) is 2. The molecule has 1 aromatic carbocycles. The number of carbonyl (C=O) groups excluding carboxylic acids is 1. The van der Waals surface area contributed by atoms with Crippen LogP contribution in [-0.2, 0) is 4.79 Å². The number of anilines is 1. The monoisotopic (exact) mass is 275 g/mol. The highest BCUT2D eigenvalue weighted by molar-refractivity contribution is 6.29. The lowest BCUT2D eigenvalue weighted by Gasteiger charge is -2.07. The Hall–Kier alpha value is -1.81. The second-order valence-corrected chi connectivity index (χ2v) is 4.93. The third-order valence-corrected chi connectivity index (χ3v) is 3.36. The highest BCUT2D eigenvalue weighted by Crippen LogP contribution is 2.40. The van der Waals surface area contributed by atoms with Crippen LogP contribution in [0.3, 0.4) is 0 Å².